The van der Waals surface area contributed by atoms with Crippen molar-refractivity contribution in [3.8, 4) is 0 Å². The van der Waals surface area contributed by atoms with Crippen molar-refractivity contribution in [1.29, 1.82) is 0 Å². The molecule has 0 aromatic rings. The van der Waals surface area contributed by atoms with E-state index in [0.29, 0.717) is 0 Å². The zero-order valence-corrected chi connectivity index (χ0v) is 7.40. The Morgan fingerprint density at radius 1 is 1.69 bits per heavy atom. The number of amides is 1. The molecule has 0 atom stereocenters. The summed E-state index contributed by atoms with van der Waals surface area (Å²) in [6.45, 7) is 3.46. The Hall–Kier alpha value is -1.65. The van der Waals surface area contributed by atoms with Crippen LogP contribution >= 0.6 is 0 Å². The Bertz CT molecular complexity index is 292. The predicted octanol–water partition coefficient (Wildman–Crippen LogP) is -0.0200. The first-order chi connectivity index (χ1) is 6.09. The monoisotopic (exact) mass is 182 g/mol. The predicted molar refractivity (Wildman–Crippen MR) is 45.9 cm³/mol. The van der Waals surface area contributed by atoms with Gasteiger partial charge >= 0.3 is 5.97 Å². The second kappa shape index (κ2) is 3.84. The molecule has 0 spiro atoms. The van der Waals surface area contributed by atoms with E-state index in [0.717, 1.165) is 6.08 Å². The molecule has 5 heteroatoms. The molecule has 1 amide bonds. The molecular formula is C8H10N2O3. The van der Waals surface area contributed by atoms with Crippen LogP contribution in [0, 0.1) is 0 Å². The minimum Gasteiger partial charge on any atom is -0.460 e. The number of carbonyl (C=O) groups is 2. The molecule has 1 rings (SSSR count). The van der Waals surface area contributed by atoms with Crippen molar-refractivity contribution in [3.05, 3.63) is 11.8 Å². The highest BCUT2D eigenvalue weighted by atomic mass is 16.5. The fourth-order valence-corrected chi connectivity index (χ4v) is 0.774. The van der Waals surface area contributed by atoms with Crippen LogP contribution < -0.4 is 5.32 Å². The zero-order valence-electron chi connectivity index (χ0n) is 7.40. The lowest BCUT2D eigenvalue weighted by atomic mass is 10.4. The molecule has 0 aromatic carbocycles. The maximum absolute atomic E-state index is 11.0. The molecular weight excluding hydrogens is 172 g/mol. The highest BCUT2D eigenvalue weighted by Gasteiger charge is 2.14. The maximum atomic E-state index is 11.0. The molecule has 0 saturated heterocycles. The Morgan fingerprint density at radius 2 is 2.38 bits per heavy atom. The first-order valence-electron chi connectivity index (χ1n) is 3.85. The summed E-state index contributed by atoms with van der Waals surface area (Å²) in [5.74, 6) is -0.945. The van der Waals surface area contributed by atoms with Crippen LogP contribution in [0.15, 0.2) is 16.8 Å². The largest absolute Gasteiger partial charge is 0.460 e. The van der Waals surface area contributed by atoms with Crippen LogP contribution in [-0.2, 0) is 14.3 Å². The van der Waals surface area contributed by atoms with Crippen molar-refractivity contribution < 1.29 is 14.3 Å². The van der Waals surface area contributed by atoms with Gasteiger partial charge in [-0.2, -0.15) is 0 Å². The fourth-order valence-electron chi connectivity index (χ4n) is 0.774. The smallest absolute Gasteiger partial charge is 0.333 e. The van der Waals surface area contributed by atoms with E-state index < -0.39 is 5.97 Å². The van der Waals surface area contributed by atoms with E-state index in [9.17, 15) is 9.59 Å². The van der Waals surface area contributed by atoms with Gasteiger partial charge in [0.1, 0.15) is 5.70 Å². The van der Waals surface area contributed by atoms with Crippen LogP contribution in [0.25, 0.3) is 0 Å². The molecule has 1 heterocycles. The third-order valence-electron chi connectivity index (χ3n) is 1.24. The number of nitrogens with one attached hydrogen (secondary N) is 1. The van der Waals surface area contributed by atoms with Gasteiger partial charge in [0, 0.05) is 0 Å². The second-order valence-corrected chi connectivity index (χ2v) is 2.75. The summed E-state index contributed by atoms with van der Waals surface area (Å²) >= 11 is 0. The Balaban J connectivity index is 2.60. The van der Waals surface area contributed by atoms with Crippen LogP contribution in [0.5, 0.6) is 0 Å². The first kappa shape index (κ1) is 9.44. The number of hydrogen-bond donors (Lipinski definition) is 1. The van der Waals surface area contributed by atoms with Crippen LogP contribution in [-0.4, -0.2) is 24.3 Å². The maximum Gasteiger partial charge on any atom is 0.333 e. The van der Waals surface area contributed by atoms with Crippen LogP contribution in [0.4, 0.5) is 0 Å². The van der Waals surface area contributed by atoms with E-state index in [1.54, 1.807) is 13.8 Å². The Labute approximate surface area is 75.5 Å². The number of nitrogens with zero attached hydrogens (tertiary/aromatic N) is 1. The molecule has 0 saturated carbocycles. The minimum absolute atomic E-state index is 0.0747. The second-order valence-electron chi connectivity index (χ2n) is 2.75. The van der Waals surface area contributed by atoms with E-state index in [-0.39, 0.29) is 17.7 Å². The molecule has 5 nitrogen and oxygen atoms in total. The van der Waals surface area contributed by atoms with Crippen molar-refractivity contribution in [1.82, 2.24) is 5.32 Å². The van der Waals surface area contributed by atoms with Crippen molar-refractivity contribution in [2.45, 2.75) is 20.0 Å². The summed E-state index contributed by atoms with van der Waals surface area (Å²) in [6, 6.07) is 0. The van der Waals surface area contributed by atoms with Gasteiger partial charge in [0.05, 0.1) is 18.5 Å². The minimum atomic E-state index is -0.556. The van der Waals surface area contributed by atoms with Crippen molar-refractivity contribution >= 4 is 18.2 Å². The third-order valence-corrected chi connectivity index (χ3v) is 1.24. The van der Waals surface area contributed by atoms with Crippen molar-refractivity contribution in [2.24, 2.45) is 4.99 Å². The Kier molecular flexibility index (Phi) is 2.79. The lowest BCUT2D eigenvalue weighted by molar-refractivity contribution is -0.141. The molecule has 70 valence electrons. The molecule has 1 N–H and O–H groups in total. The summed E-state index contributed by atoms with van der Waals surface area (Å²) in [6.07, 6.45) is 2.10. The lowest BCUT2D eigenvalue weighted by Crippen LogP contribution is -2.16. The fraction of sp³-hybridized carbons (Fsp3) is 0.375. The van der Waals surface area contributed by atoms with Gasteiger partial charge in [-0.3, -0.25) is 4.79 Å². The van der Waals surface area contributed by atoms with Gasteiger partial charge in [-0.15, -0.1) is 0 Å². The average molecular weight is 182 g/mol. The van der Waals surface area contributed by atoms with Gasteiger partial charge in [-0.05, 0) is 13.8 Å². The van der Waals surface area contributed by atoms with Crippen molar-refractivity contribution in [2.75, 3.05) is 0 Å². The van der Waals surface area contributed by atoms with E-state index in [2.05, 4.69) is 10.3 Å². The average Bonchev–Trinajstić information content (AvgIpc) is 2.34. The molecule has 0 unspecified atom stereocenters. The lowest BCUT2D eigenvalue weighted by Gasteiger charge is -2.03. The third kappa shape index (κ3) is 2.70. The van der Waals surface area contributed by atoms with Crippen molar-refractivity contribution in [3.63, 3.8) is 0 Å². The number of esters is 1. The molecule has 0 aliphatic carbocycles. The van der Waals surface area contributed by atoms with E-state index in [1.165, 1.54) is 6.34 Å². The SMILES string of the molecule is CC(C)OC(=O)C=C1N=CNC1=O. The summed E-state index contributed by atoms with van der Waals surface area (Å²) in [5.41, 5.74) is 0.0747. The van der Waals surface area contributed by atoms with Crippen LogP contribution in [0.2, 0.25) is 0 Å². The Morgan fingerprint density at radius 3 is 2.85 bits per heavy atom. The molecule has 0 fully saturated rings. The molecule has 0 aromatic heterocycles. The molecule has 1 aliphatic rings. The van der Waals surface area contributed by atoms with Crippen LogP contribution in [0.3, 0.4) is 0 Å². The molecule has 0 bridgehead atoms. The summed E-state index contributed by atoms with van der Waals surface area (Å²) < 4.78 is 4.79. The van der Waals surface area contributed by atoms with Gasteiger partial charge in [0.2, 0.25) is 0 Å². The summed E-state index contributed by atoms with van der Waals surface area (Å²) in [4.78, 5) is 25.5. The number of hydrogen-bond acceptors (Lipinski definition) is 4. The van der Waals surface area contributed by atoms with Gasteiger partial charge in [0.15, 0.2) is 0 Å². The molecule has 13 heavy (non-hydrogen) atoms. The number of carbonyl (C=O) groups excluding carboxylic acids is 2. The van der Waals surface area contributed by atoms with E-state index in [4.69, 9.17) is 4.74 Å². The zero-order chi connectivity index (χ0) is 9.84. The summed E-state index contributed by atoms with van der Waals surface area (Å²) in [5, 5.41) is 2.32. The van der Waals surface area contributed by atoms with Gasteiger partial charge in [0.25, 0.3) is 5.91 Å². The van der Waals surface area contributed by atoms with E-state index >= 15 is 0 Å². The van der Waals surface area contributed by atoms with Crippen LogP contribution in [0.1, 0.15) is 13.8 Å². The number of ether oxygens (including phenoxy) is 1. The topological polar surface area (TPSA) is 67.8 Å². The van der Waals surface area contributed by atoms with Gasteiger partial charge in [-0.1, -0.05) is 0 Å². The molecule has 1 aliphatic heterocycles. The van der Waals surface area contributed by atoms with Gasteiger partial charge < -0.3 is 10.1 Å². The highest BCUT2D eigenvalue weighted by Crippen LogP contribution is 2.02. The van der Waals surface area contributed by atoms with Gasteiger partial charge in [-0.25, -0.2) is 9.79 Å². The standard InChI is InChI=1S/C8H10N2O3/c1-5(2)13-7(11)3-6-8(12)10-4-9-6/h3-5H,1-2H3,(H,9,10,12). The number of rotatable bonds is 2. The first-order valence-corrected chi connectivity index (χ1v) is 3.85. The number of aliphatic imine (C=N–C) groups is 1. The molecule has 0 radical (unpaired) electrons. The van der Waals surface area contributed by atoms with E-state index in [1.807, 2.05) is 0 Å². The highest BCUT2D eigenvalue weighted by molar-refractivity contribution is 6.08. The normalized spacial score (nSPS) is 18.1. The quantitative estimate of drug-likeness (QED) is 0.482. The summed E-state index contributed by atoms with van der Waals surface area (Å²) in [7, 11) is 0.